The Kier molecular flexibility index (Phi) is 5.77. The molecule has 28 heavy (non-hydrogen) atoms. The summed E-state index contributed by atoms with van der Waals surface area (Å²) in [6, 6.07) is 0. The van der Waals surface area contributed by atoms with Gasteiger partial charge in [-0.1, -0.05) is 41.8 Å². The minimum atomic E-state index is -0.383. The van der Waals surface area contributed by atoms with Gasteiger partial charge in [0.25, 0.3) is 5.56 Å². The number of aromatic nitrogens is 4. The Morgan fingerprint density at radius 1 is 1.36 bits per heavy atom. The molecule has 0 saturated carbocycles. The number of hydrogen-bond donors (Lipinski definition) is 2. The summed E-state index contributed by atoms with van der Waals surface area (Å²) in [6.45, 7) is 4.25. The van der Waals surface area contributed by atoms with Crippen molar-refractivity contribution in [2.45, 2.75) is 47.0 Å². The zero-order valence-corrected chi connectivity index (χ0v) is 18.6. The van der Waals surface area contributed by atoms with E-state index in [0.717, 1.165) is 33.8 Å². The summed E-state index contributed by atoms with van der Waals surface area (Å²) in [5, 5.41) is 8.91. The molecular weight excluding hydrogens is 434 g/mol. The van der Waals surface area contributed by atoms with Crippen LogP contribution >= 0.6 is 46.2 Å². The molecule has 0 aliphatic heterocycles. The molecule has 0 fully saturated rings. The van der Waals surface area contributed by atoms with Crippen molar-refractivity contribution in [3.63, 3.8) is 0 Å². The first kappa shape index (κ1) is 19.9. The van der Waals surface area contributed by atoms with E-state index in [9.17, 15) is 9.59 Å². The van der Waals surface area contributed by atoms with Crippen LogP contribution in [-0.4, -0.2) is 31.8 Å². The Bertz CT molecular complexity index is 1090. The van der Waals surface area contributed by atoms with Gasteiger partial charge in [-0.15, -0.1) is 21.5 Å². The van der Waals surface area contributed by atoms with Crippen LogP contribution in [0.25, 0.3) is 10.2 Å². The van der Waals surface area contributed by atoms with Gasteiger partial charge < -0.3 is 10.7 Å². The van der Waals surface area contributed by atoms with Crippen LogP contribution in [-0.2, 0) is 17.6 Å². The van der Waals surface area contributed by atoms with E-state index in [0.29, 0.717) is 16.1 Å². The van der Waals surface area contributed by atoms with Crippen LogP contribution in [0.15, 0.2) is 13.5 Å². The van der Waals surface area contributed by atoms with E-state index >= 15 is 0 Å². The van der Waals surface area contributed by atoms with Gasteiger partial charge in [0.1, 0.15) is 10.7 Å². The van der Waals surface area contributed by atoms with Crippen LogP contribution in [0.2, 0.25) is 0 Å². The molecule has 148 valence electrons. The molecule has 0 radical (unpaired) electrons. The Hall–Kier alpha value is -1.43. The fraction of sp³-hybridized carbons (Fsp3) is 0.471. The Morgan fingerprint density at radius 3 is 2.93 bits per heavy atom. The van der Waals surface area contributed by atoms with Crippen LogP contribution in [0.3, 0.4) is 0 Å². The summed E-state index contributed by atoms with van der Waals surface area (Å²) in [5.74, 6) is 1.11. The fourth-order valence-electron chi connectivity index (χ4n) is 3.20. The maximum absolute atomic E-state index is 12.8. The molecule has 3 heterocycles. The molecule has 0 saturated heterocycles. The Balaban J connectivity index is 1.55. The van der Waals surface area contributed by atoms with Crippen LogP contribution < -0.4 is 11.3 Å². The van der Waals surface area contributed by atoms with Gasteiger partial charge in [-0.3, -0.25) is 9.59 Å². The van der Waals surface area contributed by atoms with E-state index in [1.807, 2.05) is 6.92 Å². The van der Waals surface area contributed by atoms with Gasteiger partial charge >= 0.3 is 0 Å². The van der Waals surface area contributed by atoms with Crippen molar-refractivity contribution in [1.82, 2.24) is 20.2 Å². The predicted octanol–water partition coefficient (Wildman–Crippen LogP) is 3.39. The lowest BCUT2D eigenvalue weighted by Gasteiger charge is -2.17. The van der Waals surface area contributed by atoms with E-state index in [1.165, 1.54) is 45.3 Å². The summed E-state index contributed by atoms with van der Waals surface area (Å²) < 4.78 is 1.46. The van der Waals surface area contributed by atoms with Crippen molar-refractivity contribution in [3.8, 4) is 0 Å². The molecule has 1 aliphatic rings. The second kappa shape index (κ2) is 8.13. The first-order valence-corrected chi connectivity index (χ1v) is 12.4. The lowest BCUT2D eigenvalue weighted by molar-refractivity contribution is -0.115. The molecule has 2 unspecified atom stereocenters. The minimum Gasteiger partial charge on any atom is -0.369 e. The van der Waals surface area contributed by atoms with Crippen molar-refractivity contribution in [1.29, 1.82) is 0 Å². The lowest BCUT2D eigenvalue weighted by atomic mass is 9.89. The highest BCUT2D eigenvalue weighted by Crippen LogP contribution is 2.39. The number of thiophene rings is 1. The number of thioether (sulfide) groups is 2. The largest absolute Gasteiger partial charge is 0.369 e. The monoisotopic (exact) mass is 453 g/mol. The second-order valence-corrected chi connectivity index (χ2v) is 11.7. The molecule has 11 heteroatoms. The van der Waals surface area contributed by atoms with Gasteiger partial charge in [0.05, 0.1) is 16.4 Å². The van der Waals surface area contributed by atoms with Crippen molar-refractivity contribution >= 4 is 62.3 Å². The van der Waals surface area contributed by atoms with Crippen LogP contribution in [0.1, 0.15) is 41.8 Å². The summed E-state index contributed by atoms with van der Waals surface area (Å²) >= 11 is 5.83. The molecule has 0 spiro atoms. The molecule has 0 bridgehead atoms. The molecular formula is C17H19N5O2S4. The van der Waals surface area contributed by atoms with Crippen LogP contribution in [0, 0.1) is 5.92 Å². The third kappa shape index (κ3) is 4.12. The van der Waals surface area contributed by atoms with E-state index in [2.05, 4.69) is 22.1 Å². The number of aromatic amines is 1. The van der Waals surface area contributed by atoms with Crippen molar-refractivity contribution in [3.05, 3.63) is 26.6 Å². The maximum Gasteiger partial charge on any atom is 0.259 e. The van der Waals surface area contributed by atoms with Crippen molar-refractivity contribution in [2.24, 2.45) is 11.7 Å². The maximum atomic E-state index is 12.8. The SMILES string of the molecule is CC1CCc2c(sc3nc(C(C)Sc4nnc(SCC(N)=O)s4)[nH]c(=O)c23)C1. The highest BCUT2D eigenvalue weighted by Gasteiger charge is 2.24. The van der Waals surface area contributed by atoms with Gasteiger partial charge in [-0.25, -0.2) is 4.98 Å². The highest BCUT2D eigenvalue weighted by atomic mass is 32.2. The molecule has 1 aliphatic carbocycles. The summed E-state index contributed by atoms with van der Waals surface area (Å²) in [6.07, 6.45) is 3.12. The summed E-state index contributed by atoms with van der Waals surface area (Å²) in [5.41, 5.74) is 6.30. The number of fused-ring (bicyclic) bond motifs is 3. The first-order valence-electron chi connectivity index (χ1n) is 8.86. The number of hydrogen-bond acceptors (Lipinski definition) is 9. The van der Waals surface area contributed by atoms with E-state index in [1.54, 1.807) is 11.3 Å². The molecule has 7 nitrogen and oxygen atoms in total. The molecule has 2 atom stereocenters. The number of H-pyrrole nitrogens is 1. The number of carbonyl (C=O) groups is 1. The zero-order valence-electron chi connectivity index (χ0n) is 15.4. The Morgan fingerprint density at radius 2 is 2.14 bits per heavy atom. The average Bonchev–Trinajstić information content (AvgIpc) is 3.23. The van der Waals surface area contributed by atoms with Gasteiger partial charge in [-0.2, -0.15) is 0 Å². The standard InChI is InChI=1S/C17H19N5O2S4/c1-7-3-4-9-10(5-7)27-15-12(9)14(24)19-13(20-15)8(2)26-17-22-21-16(28-17)25-6-11(18)23/h7-8H,3-6H2,1-2H3,(H2,18,23)(H,19,20,24). The topological polar surface area (TPSA) is 115 Å². The molecule has 3 aromatic heterocycles. The number of nitrogens with one attached hydrogen (secondary N) is 1. The number of rotatable bonds is 6. The van der Waals surface area contributed by atoms with Crippen LogP contribution in [0.4, 0.5) is 0 Å². The third-order valence-electron chi connectivity index (χ3n) is 4.57. The molecule has 4 rings (SSSR count). The summed E-state index contributed by atoms with van der Waals surface area (Å²) in [4.78, 5) is 33.5. The van der Waals surface area contributed by atoms with Gasteiger partial charge in [0.2, 0.25) is 5.91 Å². The Labute approximate surface area is 177 Å². The average molecular weight is 454 g/mol. The quantitative estimate of drug-likeness (QED) is 0.550. The van der Waals surface area contributed by atoms with Crippen molar-refractivity contribution < 1.29 is 4.79 Å². The number of nitrogens with two attached hydrogens (primary N) is 1. The van der Waals surface area contributed by atoms with Crippen LogP contribution in [0.5, 0.6) is 0 Å². The molecule has 3 N–H and O–H groups in total. The van der Waals surface area contributed by atoms with E-state index in [4.69, 9.17) is 10.7 Å². The lowest BCUT2D eigenvalue weighted by Crippen LogP contribution is -2.15. The predicted molar refractivity (Wildman–Crippen MR) is 116 cm³/mol. The van der Waals surface area contributed by atoms with Gasteiger partial charge in [0.15, 0.2) is 8.68 Å². The number of nitrogens with zero attached hydrogens (tertiary/aromatic N) is 3. The molecule has 0 aromatic carbocycles. The number of aryl methyl sites for hydroxylation is 1. The molecule has 3 aromatic rings. The fourth-order valence-corrected chi connectivity index (χ4v) is 7.55. The normalized spacial score (nSPS) is 17.6. The number of primary amides is 1. The molecule has 1 amide bonds. The summed E-state index contributed by atoms with van der Waals surface area (Å²) in [7, 11) is 0. The van der Waals surface area contributed by atoms with E-state index in [-0.39, 0.29) is 22.5 Å². The van der Waals surface area contributed by atoms with E-state index < -0.39 is 0 Å². The second-order valence-electron chi connectivity index (χ2n) is 6.83. The number of amides is 1. The first-order chi connectivity index (χ1) is 13.4. The van der Waals surface area contributed by atoms with Gasteiger partial charge in [-0.05, 0) is 37.7 Å². The van der Waals surface area contributed by atoms with Crippen molar-refractivity contribution in [2.75, 3.05) is 5.75 Å². The van der Waals surface area contributed by atoms with Gasteiger partial charge in [0, 0.05) is 4.88 Å². The smallest absolute Gasteiger partial charge is 0.259 e. The third-order valence-corrected chi connectivity index (χ3v) is 8.99. The minimum absolute atomic E-state index is 0.0468. The zero-order chi connectivity index (χ0) is 19.8. The highest BCUT2D eigenvalue weighted by molar-refractivity contribution is 8.03. The number of carbonyl (C=O) groups excluding carboxylic acids is 1.